The Morgan fingerprint density at radius 3 is 0.625 bits per heavy atom. The largest absolute Gasteiger partial charge is 0.469 e. The molecule has 0 bridgehead atoms. The first kappa shape index (κ1) is 83.2. The molecule has 0 fully saturated rings. The van der Waals surface area contributed by atoms with Crippen LogP contribution in [-0.2, 0) is 52.5 Å². The lowest BCUT2D eigenvalue weighted by atomic mass is 9.92. The molecule has 0 aliphatic heterocycles. The van der Waals surface area contributed by atoms with Crippen LogP contribution in [0.2, 0.25) is 0 Å². The molecule has 0 amide bonds. The number of carbonyl (C=O) groups is 7. The Morgan fingerprint density at radius 1 is 0.438 bits per heavy atom. The molecule has 64 heavy (non-hydrogen) atoms. The van der Waals surface area contributed by atoms with Gasteiger partial charge in [0.15, 0.2) is 0 Å². The van der Waals surface area contributed by atoms with E-state index < -0.39 is 17.4 Å². The van der Waals surface area contributed by atoms with E-state index in [4.69, 9.17) is 10.3 Å². The highest BCUT2D eigenvalue weighted by Gasteiger charge is 2.24. The Balaban J connectivity index is -0.0000000645. The fourth-order valence-electron chi connectivity index (χ4n) is 1.03. The number of rotatable bonds is 0. The average molecular weight is 918 g/mol. The normalized spacial score (nSPS) is 10.5. The van der Waals surface area contributed by atoms with Crippen molar-refractivity contribution in [2.24, 2.45) is 37.6 Å². The number of azide groups is 1. The second-order valence-corrected chi connectivity index (χ2v) is 21.7. The molecule has 0 saturated heterocycles. The fourth-order valence-corrected chi connectivity index (χ4v) is 1.03. The van der Waals surface area contributed by atoms with Gasteiger partial charge in [0.1, 0.15) is 17.3 Å². The molecule has 0 aromatic rings. The maximum Gasteiger partial charge on any atom is 0.318 e. The maximum atomic E-state index is 10.8. The molecule has 0 rings (SSSR count). The summed E-state index contributed by atoms with van der Waals surface area (Å²) in [7, 11) is 4.50. The van der Waals surface area contributed by atoms with Crippen molar-refractivity contribution in [3.05, 3.63) is 23.6 Å². The molecule has 380 valence electrons. The minimum Gasteiger partial charge on any atom is -0.469 e. The van der Waals surface area contributed by atoms with Crippen molar-refractivity contribution in [2.45, 2.75) is 205 Å². The molecule has 0 heterocycles. The van der Waals surface area contributed by atoms with Gasteiger partial charge in [0.25, 0.3) is 0 Å². The number of hydrogen-bond acceptors (Lipinski definition) is 12. The van der Waals surface area contributed by atoms with E-state index >= 15 is 0 Å². The molecule has 14 heteroatoms. The summed E-state index contributed by atoms with van der Waals surface area (Å²) < 4.78 is 18.2. The number of hydrogen-bond donors (Lipinski definition) is 0. The molecule has 0 atom stereocenters. The minimum atomic E-state index is -0.592. The van der Waals surface area contributed by atoms with Crippen LogP contribution in [0.5, 0.6) is 0 Å². The van der Waals surface area contributed by atoms with Crippen molar-refractivity contribution in [3.63, 3.8) is 0 Å². The van der Waals surface area contributed by atoms with E-state index in [1.54, 1.807) is 48.7 Å². The lowest BCUT2D eigenvalue weighted by Crippen LogP contribution is -2.24. The second-order valence-electron chi connectivity index (χ2n) is 21.7. The molecule has 0 aromatic carbocycles. The van der Waals surface area contributed by atoms with Crippen LogP contribution >= 0.6 is 0 Å². The lowest BCUT2D eigenvalue weighted by Gasteiger charge is -2.14. The number of ketones is 3. The fraction of sp³-hybridized carbons (Fsp3) is 0.780. The highest BCUT2D eigenvalue weighted by atomic mass is 16.6. The molecular weight excluding hydrogens is 819 g/mol. The molecule has 0 aliphatic carbocycles. The van der Waals surface area contributed by atoms with Gasteiger partial charge < -0.3 is 18.9 Å². The summed E-state index contributed by atoms with van der Waals surface area (Å²) in [6.07, 6.45) is 8.00. The van der Waals surface area contributed by atoms with Crippen LogP contribution in [0.15, 0.2) is 18.3 Å². The Bertz CT molecular complexity index is 1260. The highest BCUT2D eigenvalue weighted by molar-refractivity contribution is 5.87. The summed E-state index contributed by atoms with van der Waals surface area (Å²) in [6, 6.07) is 0. The van der Waals surface area contributed by atoms with Gasteiger partial charge in [-0.2, -0.15) is 0 Å². The third-order valence-corrected chi connectivity index (χ3v) is 6.57. The average Bonchev–Trinajstić information content (AvgIpc) is 3.07. The summed E-state index contributed by atoms with van der Waals surface area (Å²) in [5, 5.41) is 3.44. The first-order valence-corrected chi connectivity index (χ1v) is 20.6. The number of methoxy groups -OCH3 is 3. The third kappa shape index (κ3) is 85.0. The van der Waals surface area contributed by atoms with Crippen molar-refractivity contribution in [3.8, 4) is 12.8 Å². The van der Waals surface area contributed by atoms with Gasteiger partial charge in [-0.1, -0.05) is 88.2 Å². The number of carbonyl (C=O) groups excluding carboxylic acids is 7. The van der Waals surface area contributed by atoms with Gasteiger partial charge in [-0.05, 0) is 109 Å². The van der Waals surface area contributed by atoms with Crippen molar-refractivity contribution >= 4 is 41.2 Å². The van der Waals surface area contributed by atoms with Crippen LogP contribution in [0.4, 0.5) is 0 Å². The monoisotopic (exact) mass is 918 g/mol. The van der Waals surface area contributed by atoms with E-state index in [2.05, 4.69) is 50.2 Å². The van der Waals surface area contributed by atoms with Gasteiger partial charge in [0, 0.05) is 40.7 Å². The number of terminal acetylenes is 1. The van der Waals surface area contributed by atoms with E-state index in [1.165, 1.54) is 21.1 Å². The topological polar surface area (TPSA) is 205 Å². The Labute approximate surface area is 393 Å². The number of esters is 4. The Hall–Kier alpha value is -4.34. The smallest absolute Gasteiger partial charge is 0.318 e. The number of Topliss-reactive ketones (excluding diaryl/α,β-unsaturated/α-hetero) is 3. The molecule has 0 aliphatic rings. The zero-order chi connectivity index (χ0) is 55.3. The molecular formula is C50H99N3O11. The van der Waals surface area contributed by atoms with Gasteiger partial charge in [0.2, 0.25) is 0 Å². The van der Waals surface area contributed by atoms with E-state index in [-0.39, 0.29) is 67.5 Å². The minimum absolute atomic E-state index is 0.0417. The summed E-state index contributed by atoms with van der Waals surface area (Å²) >= 11 is 0. The lowest BCUT2D eigenvalue weighted by molar-refractivity contribution is -0.164. The highest BCUT2D eigenvalue weighted by Crippen LogP contribution is 2.16. The first-order chi connectivity index (χ1) is 27.8. The second kappa shape index (κ2) is 39.1. The zero-order valence-corrected chi connectivity index (χ0v) is 46.9. The van der Waals surface area contributed by atoms with Crippen LogP contribution in [0.1, 0.15) is 194 Å². The summed E-state index contributed by atoms with van der Waals surface area (Å²) in [5.74, 6) is -0.651. The summed E-state index contributed by atoms with van der Waals surface area (Å²) in [4.78, 5) is 76.3. The standard InChI is InChI=1S/C7H12O3.2C6H12O2.3C6H12O.C5H12O.C4H9N3.C2H4.C2H2/c1-5(8)10-6(9)7(2,3)4;2*1-6(2,3)5(7)8-4;3*1-5(7)6(2,3)4;1-5(2,3)6-4;1-4(2,3)6-7-5;2*1-2/h1-4H3;2*1-4H3;3*1-4H3;1-4H3;1-3H3;1-2H2;1-2H. The van der Waals surface area contributed by atoms with Crippen molar-refractivity contribution in [2.75, 3.05) is 21.3 Å². The summed E-state index contributed by atoms with van der Waals surface area (Å²) in [6.45, 7) is 56.9. The maximum absolute atomic E-state index is 10.8. The van der Waals surface area contributed by atoms with Crippen LogP contribution in [0.3, 0.4) is 0 Å². The van der Waals surface area contributed by atoms with Gasteiger partial charge in [-0.3, -0.25) is 33.6 Å². The van der Waals surface area contributed by atoms with E-state index in [0.717, 1.165) is 0 Å². The third-order valence-electron chi connectivity index (χ3n) is 6.57. The quantitative estimate of drug-likeness (QED) is 0.0326. The molecule has 14 nitrogen and oxygen atoms in total. The SMILES string of the molecule is C#C.C=C.CC(=O)C(C)(C)C.CC(=O)C(C)(C)C.CC(=O)C(C)(C)C.CC(=O)OC(=O)C(C)(C)C.CC(C)(C)N=[N+]=[N-].COC(=O)C(C)(C)C.COC(=O)C(C)(C)C.COC(C)(C)C. The van der Waals surface area contributed by atoms with E-state index in [1.807, 2.05) is 145 Å². The molecule has 0 radical (unpaired) electrons. The number of ether oxygens (including phenoxy) is 4. The molecule has 0 spiro atoms. The predicted octanol–water partition coefficient (Wildman–Crippen LogP) is 13.0. The van der Waals surface area contributed by atoms with E-state index in [0.29, 0.717) is 0 Å². The van der Waals surface area contributed by atoms with Crippen LogP contribution in [-0.4, -0.2) is 73.7 Å². The van der Waals surface area contributed by atoms with Crippen LogP contribution < -0.4 is 0 Å². The molecule has 0 saturated carbocycles. The first-order valence-electron chi connectivity index (χ1n) is 20.6. The van der Waals surface area contributed by atoms with Crippen LogP contribution in [0, 0.1) is 45.3 Å². The van der Waals surface area contributed by atoms with Gasteiger partial charge in [0.05, 0.1) is 36.1 Å². The Morgan fingerprint density at radius 2 is 0.609 bits per heavy atom. The van der Waals surface area contributed by atoms with Gasteiger partial charge in [-0.25, -0.2) is 0 Å². The van der Waals surface area contributed by atoms with Crippen molar-refractivity contribution < 1.29 is 52.5 Å². The van der Waals surface area contributed by atoms with Crippen LogP contribution in [0.25, 0.3) is 10.4 Å². The molecule has 0 aromatic heterocycles. The predicted molar refractivity (Wildman–Crippen MR) is 266 cm³/mol. The molecule has 0 N–H and O–H groups in total. The van der Waals surface area contributed by atoms with Crippen molar-refractivity contribution in [1.29, 1.82) is 0 Å². The zero-order valence-electron chi connectivity index (χ0n) is 46.9. The van der Waals surface area contributed by atoms with Gasteiger partial charge in [-0.15, -0.1) is 26.0 Å². The summed E-state index contributed by atoms with van der Waals surface area (Å²) in [5.41, 5.74) is 5.95. The van der Waals surface area contributed by atoms with E-state index in [9.17, 15) is 33.6 Å². The molecule has 0 unspecified atom stereocenters. The van der Waals surface area contributed by atoms with Crippen molar-refractivity contribution in [1.82, 2.24) is 0 Å². The number of nitrogens with zero attached hydrogens (tertiary/aromatic N) is 3. The van der Waals surface area contributed by atoms with Gasteiger partial charge >= 0.3 is 23.9 Å². The Kier molecular flexibility index (Phi) is 50.8.